The Bertz CT molecular complexity index is 626. The van der Waals surface area contributed by atoms with Crippen LogP contribution in [0.1, 0.15) is 19.3 Å². The van der Waals surface area contributed by atoms with E-state index >= 15 is 0 Å². The van der Waals surface area contributed by atoms with Crippen LogP contribution in [0.25, 0.3) is 0 Å². The summed E-state index contributed by atoms with van der Waals surface area (Å²) in [6.07, 6.45) is 8.03. The van der Waals surface area contributed by atoms with Crippen molar-refractivity contribution in [3.05, 3.63) is 12.2 Å². The molecular formula is C9H13O12Si8. The summed E-state index contributed by atoms with van der Waals surface area (Å²) in [6.45, 7) is 0. The average Bonchev–Trinajstić information content (AvgIpc) is 3.18. The second kappa shape index (κ2) is 7.51. The Morgan fingerprint density at radius 2 is 1.10 bits per heavy atom. The third kappa shape index (κ3) is 3.76. The van der Waals surface area contributed by atoms with Gasteiger partial charge in [-0.05, 0) is 37.0 Å². The van der Waals surface area contributed by atoms with Crippen molar-refractivity contribution >= 4 is 75.5 Å². The third-order valence-electron chi connectivity index (χ3n) is 5.45. The lowest BCUT2D eigenvalue weighted by molar-refractivity contribution is 0.0299. The van der Waals surface area contributed by atoms with Crippen LogP contribution in [0, 0.1) is 17.8 Å². The Morgan fingerprint density at radius 3 is 1.52 bits per heavy atom. The minimum Gasteiger partial charge on any atom is -0.371 e. The molecule has 0 amide bonds. The molecule has 7 radical (unpaired) electrons. The summed E-state index contributed by atoms with van der Waals surface area (Å²) in [5, 5.41) is 0. The van der Waals surface area contributed by atoms with E-state index in [1.165, 1.54) is 12.8 Å². The topological polar surface area (TPSA) is 111 Å². The van der Waals surface area contributed by atoms with Gasteiger partial charge >= 0.3 is 75.5 Å². The molecule has 8 aliphatic rings. The molecule has 3 atom stereocenters. The van der Waals surface area contributed by atoms with Crippen LogP contribution in [0.2, 0.25) is 6.04 Å². The first kappa shape index (κ1) is 19.5. The monoisotopic (exact) mass is 537 g/mol. The largest absolute Gasteiger partial charge is 0.553 e. The van der Waals surface area contributed by atoms with Crippen LogP contribution < -0.4 is 0 Å². The SMILES string of the molecule is C1=CC2CC1CC2CC[Si]12O[Si]3O[Si]4O[Si]5O[Si](O3)O[Si](O[Si](O5)O[Si](O4)O1)O2. The fraction of sp³-hybridized carbons (Fsp3) is 0.778. The van der Waals surface area contributed by atoms with E-state index in [9.17, 15) is 0 Å². The second-order valence-corrected chi connectivity index (χ2v) is 22.4. The van der Waals surface area contributed by atoms with Gasteiger partial charge in [-0.2, -0.15) is 0 Å². The zero-order chi connectivity index (χ0) is 19.0. The summed E-state index contributed by atoms with van der Waals surface area (Å²) >= 11 is 0. The van der Waals surface area contributed by atoms with E-state index in [1.54, 1.807) is 0 Å². The van der Waals surface area contributed by atoms with E-state index in [0.29, 0.717) is 23.8 Å². The summed E-state index contributed by atoms with van der Waals surface area (Å²) in [5.41, 5.74) is 0. The highest BCUT2D eigenvalue weighted by Crippen LogP contribution is 2.46. The van der Waals surface area contributed by atoms with Crippen molar-refractivity contribution in [2.24, 2.45) is 17.8 Å². The van der Waals surface area contributed by atoms with Crippen molar-refractivity contribution in [2.45, 2.75) is 25.3 Å². The Kier molecular flexibility index (Phi) is 5.04. The number of hydrogen-bond acceptors (Lipinski definition) is 12. The maximum atomic E-state index is 6.32. The first-order valence-corrected chi connectivity index (χ1v) is 19.6. The second-order valence-electron chi connectivity index (χ2n) is 7.24. The highest BCUT2D eigenvalue weighted by atomic mass is 28.6. The predicted molar refractivity (Wildman–Crippen MR) is 97.3 cm³/mol. The van der Waals surface area contributed by atoms with Gasteiger partial charge in [-0.15, -0.1) is 0 Å². The lowest BCUT2D eigenvalue weighted by atomic mass is 9.91. The van der Waals surface area contributed by atoms with Crippen LogP contribution in [-0.2, 0) is 49.4 Å². The molecule has 153 valence electrons. The third-order valence-corrected chi connectivity index (χ3v) is 24.1. The molecule has 0 spiro atoms. The van der Waals surface area contributed by atoms with Crippen molar-refractivity contribution in [3.63, 3.8) is 0 Å². The summed E-state index contributed by atoms with van der Waals surface area (Å²) < 4.78 is 71.8. The molecule has 0 aromatic rings. The minimum atomic E-state index is -3.30. The quantitative estimate of drug-likeness (QED) is 0.315. The zero-order valence-electron chi connectivity index (χ0n) is 14.6. The van der Waals surface area contributed by atoms with Gasteiger partial charge in [0.05, 0.1) is 0 Å². The molecule has 29 heavy (non-hydrogen) atoms. The Morgan fingerprint density at radius 1 is 0.621 bits per heavy atom. The maximum absolute atomic E-state index is 6.32. The number of hydrogen-bond donors (Lipinski definition) is 0. The normalized spacial score (nSPS) is 41.0. The van der Waals surface area contributed by atoms with Gasteiger partial charge in [0.25, 0.3) is 0 Å². The fourth-order valence-corrected chi connectivity index (χ4v) is 27.1. The smallest absolute Gasteiger partial charge is 0.371 e. The van der Waals surface area contributed by atoms with E-state index in [4.69, 9.17) is 49.4 Å². The number of fused-ring (bicyclic) bond motifs is 2. The molecule has 1 saturated carbocycles. The highest BCUT2D eigenvalue weighted by molar-refractivity contribution is 6.86. The molecule has 0 N–H and O–H groups in total. The first-order chi connectivity index (χ1) is 14.2. The van der Waals surface area contributed by atoms with E-state index in [0.717, 1.165) is 6.42 Å². The Hall–Kier alpha value is 0.995. The van der Waals surface area contributed by atoms with Crippen LogP contribution in [0.5, 0.6) is 0 Å². The van der Waals surface area contributed by atoms with Gasteiger partial charge in [0, 0.05) is 6.04 Å². The van der Waals surface area contributed by atoms with Gasteiger partial charge in [0.2, 0.25) is 0 Å². The van der Waals surface area contributed by atoms with Crippen LogP contribution in [0.4, 0.5) is 0 Å². The average molecular weight is 538 g/mol. The van der Waals surface area contributed by atoms with Crippen molar-refractivity contribution < 1.29 is 49.4 Å². The molecular weight excluding hydrogens is 525 g/mol. The molecule has 3 unspecified atom stereocenters. The zero-order valence-corrected chi connectivity index (χ0v) is 22.6. The van der Waals surface area contributed by atoms with Crippen LogP contribution >= 0.6 is 0 Å². The van der Waals surface area contributed by atoms with E-state index in [2.05, 4.69) is 12.2 Å². The molecule has 6 heterocycles. The molecule has 12 nitrogen and oxygen atoms in total. The first-order valence-electron chi connectivity index (χ1n) is 9.13. The summed E-state index contributed by atoms with van der Waals surface area (Å²) in [6, 6.07) is 0.598. The van der Waals surface area contributed by atoms with Gasteiger partial charge in [0.1, 0.15) is 0 Å². The predicted octanol–water partition coefficient (Wildman–Crippen LogP) is -1.31. The number of rotatable bonds is 3. The van der Waals surface area contributed by atoms with Crippen molar-refractivity contribution in [1.29, 1.82) is 0 Å². The molecule has 0 aromatic heterocycles. The van der Waals surface area contributed by atoms with E-state index < -0.39 is 75.5 Å². The molecule has 10 bridgehead atoms. The van der Waals surface area contributed by atoms with Gasteiger partial charge in [0.15, 0.2) is 0 Å². The molecule has 2 aliphatic carbocycles. The van der Waals surface area contributed by atoms with Gasteiger partial charge in [-0.3, -0.25) is 0 Å². The lowest BCUT2D eigenvalue weighted by Gasteiger charge is -2.45. The molecule has 20 heteroatoms. The minimum absolute atomic E-state index is 0.589. The van der Waals surface area contributed by atoms with Crippen molar-refractivity contribution in [3.8, 4) is 0 Å². The van der Waals surface area contributed by atoms with Crippen molar-refractivity contribution in [1.82, 2.24) is 0 Å². The van der Waals surface area contributed by atoms with Gasteiger partial charge in [-0.1, -0.05) is 12.2 Å². The molecule has 8 rings (SSSR count). The lowest BCUT2D eigenvalue weighted by Crippen LogP contribution is -2.72. The van der Waals surface area contributed by atoms with Crippen molar-refractivity contribution in [2.75, 3.05) is 0 Å². The van der Waals surface area contributed by atoms with Crippen LogP contribution in [0.3, 0.4) is 0 Å². The summed E-state index contributed by atoms with van der Waals surface area (Å²) in [5.74, 6) is 1.91. The van der Waals surface area contributed by atoms with Crippen LogP contribution in [-0.4, -0.2) is 75.5 Å². The maximum Gasteiger partial charge on any atom is 0.553 e. The van der Waals surface area contributed by atoms with Gasteiger partial charge in [-0.25, -0.2) is 0 Å². The Labute approximate surface area is 179 Å². The van der Waals surface area contributed by atoms with Crippen LogP contribution in [0.15, 0.2) is 12.2 Å². The molecule has 7 fully saturated rings. The number of allylic oxidation sites excluding steroid dienone is 2. The highest BCUT2D eigenvalue weighted by Gasteiger charge is 2.65. The molecule has 0 aromatic carbocycles. The van der Waals surface area contributed by atoms with E-state index in [-0.39, 0.29) is 0 Å². The summed E-state index contributed by atoms with van der Waals surface area (Å²) in [4.78, 5) is 0. The Balaban J connectivity index is 1.20. The fourth-order valence-electron chi connectivity index (χ4n) is 4.24. The van der Waals surface area contributed by atoms with Gasteiger partial charge < -0.3 is 49.4 Å². The summed E-state index contributed by atoms with van der Waals surface area (Å²) in [7, 11) is -19.2. The standard InChI is InChI=1S/C9H13O12Si8/c1-2-8-5-7(1)6-9(8)3-4-29-19-26-13-23-10-22-11-24(15-26)17-28(21-29)18-25(12-22)16-27(14-23)20-29/h1-2,7-9H,3-6H2. The molecule has 6 saturated heterocycles. The molecule has 6 aliphatic heterocycles. The van der Waals surface area contributed by atoms with E-state index in [1.807, 2.05) is 0 Å².